The normalized spacial score (nSPS) is 11.5. The monoisotopic (exact) mass is 379 g/mol. The molecule has 3 rings (SSSR count). The fourth-order valence-electron chi connectivity index (χ4n) is 2.81. The van der Waals surface area contributed by atoms with Gasteiger partial charge in [-0.3, -0.25) is 4.79 Å². The number of aryl methyl sites for hydroxylation is 1. The average Bonchev–Trinajstić information content (AvgIpc) is 3.12. The first kappa shape index (κ1) is 19.0. The molecule has 1 unspecified atom stereocenters. The second-order valence-electron chi connectivity index (χ2n) is 6.14. The van der Waals surface area contributed by atoms with Gasteiger partial charge in [-0.05, 0) is 42.0 Å². The Balaban J connectivity index is 1.85. The maximum Gasteiger partial charge on any atom is 0.316 e. The molecule has 0 radical (unpaired) electrons. The number of ether oxygens (including phenoxy) is 1. The van der Waals surface area contributed by atoms with Crippen molar-refractivity contribution in [2.75, 3.05) is 12.4 Å². The van der Waals surface area contributed by atoms with Crippen LogP contribution in [-0.4, -0.2) is 28.6 Å². The number of carbonyl (C=O) groups excluding carboxylic acids is 2. The molecule has 0 bridgehead atoms. The highest BCUT2D eigenvalue weighted by Crippen LogP contribution is 2.23. The third-order valence-corrected chi connectivity index (χ3v) is 4.26. The Morgan fingerprint density at radius 2 is 1.79 bits per heavy atom. The van der Waals surface area contributed by atoms with Crippen LogP contribution in [0.2, 0.25) is 0 Å². The van der Waals surface area contributed by atoms with Gasteiger partial charge in [0.2, 0.25) is 0 Å². The zero-order chi connectivity index (χ0) is 20.1. The summed E-state index contributed by atoms with van der Waals surface area (Å²) in [5.41, 5.74) is 6.93. The molecule has 1 aromatic heterocycles. The molecule has 1 heterocycles. The van der Waals surface area contributed by atoms with E-state index in [1.807, 2.05) is 42.1 Å². The molecule has 2 aromatic carbocycles. The first-order chi connectivity index (χ1) is 13.5. The van der Waals surface area contributed by atoms with Gasteiger partial charge in [-0.2, -0.15) is 0 Å². The maximum absolute atomic E-state index is 12.8. The summed E-state index contributed by atoms with van der Waals surface area (Å²) in [4.78, 5) is 28.1. The number of benzene rings is 2. The van der Waals surface area contributed by atoms with Crippen LogP contribution in [0.15, 0.2) is 60.9 Å². The average molecular weight is 379 g/mol. The molecular weight excluding hydrogens is 358 g/mol. The number of rotatable bonds is 6. The quantitative estimate of drug-likeness (QED) is 0.611. The fraction of sp³-hybridized carbons (Fsp3) is 0.150. The molecule has 0 aliphatic carbocycles. The molecule has 0 spiro atoms. The zero-order valence-electron chi connectivity index (χ0n) is 15.5. The molecule has 3 amide bonds. The molecule has 1 atom stereocenters. The van der Waals surface area contributed by atoms with Crippen molar-refractivity contribution in [3.8, 4) is 5.75 Å². The number of carbonyl (C=O) groups is 2. The van der Waals surface area contributed by atoms with Crippen molar-refractivity contribution in [3.05, 3.63) is 77.9 Å². The number of hydrogen-bond donors (Lipinski definition) is 3. The minimum absolute atomic E-state index is 0.269. The number of anilines is 1. The Labute approximate surface area is 162 Å². The molecule has 28 heavy (non-hydrogen) atoms. The lowest BCUT2D eigenvalue weighted by molar-refractivity contribution is 0.0941. The van der Waals surface area contributed by atoms with E-state index in [2.05, 4.69) is 15.6 Å². The summed E-state index contributed by atoms with van der Waals surface area (Å²) < 4.78 is 7.06. The van der Waals surface area contributed by atoms with E-state index in [1.165, 1.54) is 0 Å². The van der Waals surface area contributed by atoms with Crippen molar-refractivity contribution < 1.29 is 14.3 Å². The van der Waals surface area contributed by atoms with Crippen molar-refractivity contribution in [2.45, 2.75) is 6.04 Å². The fourth-order valence-corrected chi connectivity index (χ4v) is 2.81. The lowest BCUT2D eigenvalue weighted by Gasteiger charge is -2.19. The summed E-state index contributed by atoms with van der Waals surface area (Å²) in [6.45, 7) is 0. The van der Waals surface area contributed by atoms with Crippen molar-refractivity contribution >= 4 is 17.6 Å². The highest BCUT2D eigenvalue weighted by atomic mass is 16.5. The summed E-state index contributed by atoms with van der Waals surface area (Å²) in [5.74, 6) is 1.16. The number of nitrogens with two attached hydrogens (primary N) is 1. The number of primary amides is 1. The number of amides is 3. The van der Waals surface area contributed by atoms with E-state index in [0.29, 0.717) is 17.1 Å². The molecule has 4 N–H and O–H groups in total. The molecule has 8 nitrogen and oxygen atoms in total. The van der Waals surface area contributed by atoms with Gasteiger partial charge < -0.3 is 25.7 Å². The number of hydrogen-bond acceptors (Lipinski definition) is 4. The SMILES string of the molecule is COc1ccc(C(NC(=O)c2ccc(NC(N)=O)cc2)c2nccn2C)cc1. The van der Waals surface area contributed by atoms with E-state index >= 15 is 0 Å². The Bertz CT molecular complexity index is 964. The van der Waals surface area contributed by atoms with E-state index in [-0.39, 0.29) is 5.91 Å². The number of imidazole rings is 1. The van der Waals surface area contributed by atoms with E-state index in [0.717, 1.165) is 11.3 Å². The summed E-state index contributed by atoms with van der Waals surface area (Å²) in [6.07, 6.45) is 3.50. The smallest absolute Gasteiger partial charge is 0.316 e. The van der Waals surface area contributed by atoms with Crippen LogP contribution in [-0.2, 0) is 7.05 Å². The van der Waals surface area contributed by atoms with Crippen molar-refractivity contribution in [1.82, 2.24) is 14.9 Å². The van der Waals surface area contributed by atoms with Crippen LogP contribution in [0, 0.1) is 0 Å². The minimum Gasteiger partial charge on any atom is -0.497 e. The minimum atomic E-state index is -0.661. The summed E-state index contributed by atoms with van der Waals surface area (Å²) >= 11 is 0. The molecule has 0 saturated carbocycles. The van der Waals surface area contributed by atoms with Gasteiger partial charge in [0.1, 0.15) is 17.6 Å². The van der Waals surface area contributed by atoms with Gasteiger partial charge in [0.25, 0.3) is 5.91 Å². The van der Waals surface area contributed by atoms with Crippen LogP contribution in [0.25, 0.3) is 0 Å². The highest BCUT2D eigenvalue weighted by molar-refractivity contribution is 5.95. The van der Waals surface area contributed by atoms with Gasteiger partial charge in [-0.15, -0.1) is 0 Å². The van der Waals surface area contributed by atoms with Gasteiger partial charge in [-0.25, -0.2) is 9.78 Å². The van der Waals surface area contributed by atoms with Gasteiger partial charge in [0.05, 0.1) is 7.11 Å². The number of aromatic nitrogens is 2. The second-order valence-corrected chi connectivity index (χ2v) is 6.14. The van der Waals surface area contributed by atoms with Crippen molar-refractivity contribution in [3.63, 3.8) is 0 Å². The van der Waals surface area contributed by atoms with E-state index in [4.69, 9.17) is 10.5 Å². The zero-order valence-corrected chi connectivity index (χ0v) is 15.5. The van der Waals surface area contributed by atoms with E-state index < -0.39 is 12.1 Å². The van der Waals surface area contributed by atoms with Crippen molar-refractivity contribution in [1.29, 1.82) is 0 Å². The largest absolute Gasteiger partial charge is 0.497 e. The predicted molar refractivity (Wildman–Crippen MR) is 105 cm³/mol. The van der Waals surface area contributed by atoms with Crippen LogP contribution in [0.4, 0.5) is 10.5 Å². The molecule has 0 saturated heterocycles. The third-order valence-electron chi connectivity index (χ3n) is 4.26. The van der Waals surface area contributed by atoms with Crippen molar-refractivity contribution in [2.24, 2.45) is 12.8 Å². The molecule has 0 aliphatic rings. The molecule has 144 valence electrons. The summed E-state index contributed by atoms with van der Waals surface area (Å²) in [7, 11) is 3.47. The summed E-state index contributed by atoms with van der Waals surface area (Å²) in [6, 6.07) is 12.8. The standard InChI is InChI=1S/C20H21N5O3/c1-25-12-11-22-18(25)17(13-5-9-16(28-2)10-6-13)24-19(26)14-3-7-15(8-4-14)23-20(21)27/h3-12,17H,1-2H3,(H,24,26)(H3,21,23,27). The van der Waals surface area contributed by atoms with Gasteiger partial charge in [-0.1, -0.05) is 12.1 Å². The Kier molecular flexibility index (Phi) is 5.59. The number of urea groups is 1. The van der Waals surface area contributed by atoms with Crippen LogP contribution in [0.3, 0.4) is 0 Å². The lowest BCUT2D eigenvalue weighted by Crippen LogP contribution is -2.31. The van der Waals surface area contributed by atoms with Gasteiger partial charge >= 0.3 is 6.03 Å². The Morgan fingerprint density at radius 1 is 1.11 bits per heavy atom. The predicted octanol–water partition coefficient (Wildman–Crippen LogP) is 2.44. The molecule has 0 fully saturated rings. The molecule has 3 aromatic rings. The first-order valence-electron chi connectivity index (χ1n) is 8.56. The topological polar surface area (TPSA) is 111 Å². The Morgan fingerprint density at radius 3 is 2.32 bits per heavy atom. The molecule has 8 heteroatoms. The van der Waals surface area contributed by atoms with Crippen LogP contribution in [0.5, 0.6) is 5.75 Å². The van der Waals surface area contributed by atoms with Gasteiger partial charge in [0, 0.05) is 30.7 Å². The van der Waals surface area contributed by atoms with E-state index in [9.17, 15) is 9.59 Å². The number of nitrogens with zero attached hydrogens (tertiary/aromatic N) is 2. The number of methoxy groups -OCH3 is 1. The van der Waals surface area contributed by atoms with Crippen LogP contribution < -0.4 is 21.1 Å². The third kappa shape index (κ3) is 4.29. The van der Waals surface area contributed by atoms with E-state index in [1.54, 1.807) is 37.6 Å². The van der Waals surface area contributed by atoms with Gasteiger partial charge in [0.15, 0.2) is 0 Å². The molecular formula is C20H21N5O3. The lowest BCUT2D eigenvalue weighted by atomic mass is 10.0. The Hall–Kier alpha value is -3.81. The second kappa shape index (κ2) is 8.26. The maximum atomic E-state index is 12.8. The molecule has 0 aliphatic heterocycles. The first-order valence-corrected chi connectivity index (χ1v) is 8.56. The van der Waals surface area contributed by atoms with Crippen LogP contribution in [0.1, 0.15) is 27.8 Å². The summed E-state index contributed by atoms with van der Waals surface area (Å²) in [5, 5.41) is 5.48. The number of nitrogens with one attached hydrogen (secondary N) is 2. The van der Waals surface area contributed by atoms with Crippen LogP contribution >= 0.6 is 0 Å². The highest BCUT2D eigenvalue weighted by Gasteiger charge is 2.21.